The van der Waals surface area contributed by atoms with E-state index in [1.807, 2.05) is 0 Å². The first-order chi connectivity index (χ1) is 6.63. The van der Waals surface area contributed by atoms with Crippen LogP contribution in [0.3, 0.4) is 0 Å². The Morgan fingerprint density at radius 1 is 1.14 bits per heavy atom. The highest BCUT2D eigenvalue weighted by atomic mass is 35.5. The van der Waals surface area contributed by atoms with Crippen LogP contribution in [0.4, 0.5) is 0 Å². The fourth-order valence-electron chi connectivity index (χ4n) is 1.68. The second-order valence-corrected chi connectivity index (χ2v) is 4.88. The van der Waals surface area contributed by atoms with Gasteiger partial charge in [0.05, 0.1) is 0 Å². The predicted molar refractivity (Wildman–Crippen MR) is 66.0 cm³/mol. The molecule has 0 aliphatic rings. The largest absolute Gasteiger partial charge is 0.313 e. The molecule has 0 radical (unpaired) electrons. The van der Waals surface area contributed by atoms with Crippen molar-refractivity contribution >= 4 is 11.6 Å². The molecular formula is C12H26ClN. The van der Waals surface area contributed by atoms with Gasteiger partial charge in [-0.05, 0) is 24.8 Å². The van der Waals surface area contributed by atoms with Gasteiger partial charge in [-0.3, -0.25) is 0 Å². The van der Waals surface area contributed by atoms with E-state index in [9.17, 15) is 0 Å². The van der Waals surface area contributed by atoms with Gasteiger partial charge in [0.25, 0.3) is 0 Å². The second kappa shape index (κ2) is 8.55. The van der Waals surface area contributed by atoms with Crippen LogP contribution >= 0.6 is 11.6 Å². The first kappa shape index (κ1) is 14.2. The van der Waals surface area contributed by atoms with Gasteiger partial charge in [-0.1, -0.05) is 40.5 Å². The maximum atomic E-state index is 5.92. The Morgan fingerprint density at radius 3 is 2.07 bits per heavy atom. The lowest BCUT2D eigenvalue weighted by molar-refractivity contribution is 0.385. The molecule has 0 saturated heterocycles. The topological polar surface area (TPSA) is 12.0 Å². The number of hydrogen-bond donors (Lipinski definition) is 1. The molecule has 1 nitrogen and oxygen atoms in total. The Balaban J connectivity index is 3.70. The number of rotatable bonds is 8. The molecule has 1 N–H and O–H groups in total. The minimum Gasteiger partial charge on any atom is -0.313 e. The van der Waals surface area contributed by atoms with E-state index in [4.69, 9.17) is 11.6 Å². The van der Waals surface area contributed by atoms with Crippen molar-refractivity contribution in [3.63, 3.8) is 0 Å². The highest BCUT2D eigenvalue weighted by Crippen LogP contribution is 2.09. The number of halogens is 1. The molecule has 14 heavy (non-hydrogen) atoms. The third-order valence-electron chi connectivity index (χ3n) is 2.79. The molecule has 0 fully saturated rings. The van der Waals surface area contributed by atoms with Gasteiger partial charge in [0.15, 0.2) is 0 Å². The van der Waals surface area contributed by atoms with Crippen molar-refractivity contribution in [2.24, 2.45) is 11.8 Å². The van der Waals surface area contributed by atoms with Gasteiger partial charge in [0.2, 0.25) is 0 Å². The molecule has 0 aromatic carbocycles. The van der Waals surface area contributed by atoms with Gasteiger partial charge in [0.1, 0.15) is 0 Å². The maximum Gasteiger partial charge on any atom is 0.0377 e. The summed E-state index contributed by atoms with van der Waals surface area (Å²) in [6.07, 6.45) is 3.71. The fraction of sp³-hybridized carbons (Fsp3) is 1.00. The molecule has 0 aromatic heterocycles. The van der Waals surface area contributed by atoms with Crippen LogP contribution in [0, 0.1) is 11.8 Å². The Kier molecular flexibility index (Phi) is 8.70. The van der Waals surface area contributed by atoms with E-state index >= 15 is 0 Å². The number of nitrogens with one attached hydrogen (secondary N) is 1. The smallest absolute Gasteiger partial charge is 0.0377 e. The molecule has 0 rings (SSSR count). The van der Waals surface area contributed by atoms with E-state index in [0.717, 1.165) is 24.3 Å². The van der Waals surface area contributed by atoms with E-state index in [2.05, 4.69) is 33.0 Å². The average Bonchev–Trinajstić information content (AvgIpc) is 2.17. The van der Waals surface area contributed by atoms with Crippen molar-refractivity contribution < 1.29 is 0 Å². The average molecular weight is 220 g/mol. The van der Waals surface area contributed by atoms with E-state index in [-0.39, 0.29) is 0 Å². The van der Waals surface area contributed by atoms with Gasteiger partial charge in [-0.25, -0.2) is 0 Å². The maximum absolute atomic E-state index is 5.92. The first-order valence-electron chi connectivity index (χ1n) is 5.93. The predicted octanol–water partition coefficient (Wildman–Crippen LogP) is 3.67. The summed E-state index contributed by atoms with van der Waals surface area (Å²) in [5, 5.41) is 3.57. The SMILES string of the molecule is CCC(CC)CNC(CCl)CC(C)C. The molecule has 2 heteroatoms. The summed E-state index contributed by atoms with van der Waals surface area (Å²) in [5.41, 5.74) is 0. The third kappa shape index (κ3) is 6.67. The fourth-order valence-corrected chi connectivity index (χ4v) is 1.92. The van der Waals surface area contributed by atoms with E-state index < -0.39 is 0 Å². The lowest BCUT2D eigenvalue weighted by Gasteiger charge is -2.21. The van der Waals surface area contributed by atoms with Crippen molar-refractivity contribution in [2.45, 2.75) is 53.0 Å². The van der Waals surface area contributed by atoms with Crippen molar-refractivity contribution in [1.82, 2.24) is 5.32 Å². The summed E-state index contributed by atoms with van der Waals surface area (Å²) in [4.78, 5) is 0. The molecular weight excluding hydrogens is 194 g/mol. The number of hydrogen-bond acceptors (Lipinski definition) is 1. The van der Waals surface area contributed by atoms with Crippen molar-refractivity contribution in [3.05, 3.63) is 0 Å². The summed E-state index contributed by atoms with van der Waals surface area (Å²) in [6, 6.07) is 0.497. The summed E-state index contributed by atoms with van der Waals surface area (Å²) < 4.78 is 0. The van der Waals surface area contributed by atoms with E-state index in [1.165, 1.54) is 19.3 Å². The molecule has 0 aliphatic heterocycles. The standard InChI is InChI=1S/C12H26ClN/c1-5-11(6-2)9-14-12(8-13)7-10(3)4/h10-12,14H,5-9H2,1-4H3. The summed E-state index contributed by atoms with van der Waals surface area (Å²) in [7, 11) is 0. The minimum absolute atomic E-state index is 0.497. The molecule has 1 unspecified atom stereocenters. The molecule has 0 aliphatic carbocycles. The Bertz CT molecular complexity index is 121. The molecule has 0 aromatic rings. The summed E-state index contributed by atoms with van der Waals surface area (Å²) in [5.74, 6) is 2.28. The lowest BCUT2D eigenvalue weighted by atomic mass is 10.0. The Morgan fingerprint density at radius 2 is 1.71 bits per heavy atom. The zero-order valence-electron chi connectivity index (χ0n) is 10.1. The van der Waals surface area contributed by atoms with Crippen LogP contribution in [0.15, 0.2) is 0 Å². The molecule has 1 atom stereocenters. The highest BCUT2D eigenvalue weighted by Gasteiger charge is 2.11. The van der Waals surface area contributed by atoms with Crippen molar-refractivity contribution in [3.8, 4) is 0 Å². The van der Waals surface area contributed by atoms with Crippen LogP contribution in [0.1, 0.15) is 47.0 Å². The molecule has 0 amide bonds. The zero-order chi connectivity index (χ0) is 11.0. The molecule has 0 saturated carbocycles. The van der Waals surface area contributed by atoms with Crippen molar-refractivity contribution in [2.75, 3.05) is 12.4 Å². The highest BCUT2D eigenvalue weighted by molar-refractivity contribution is 6.18. The molecule has 0 bridgehead atoms. The Labute approximate surface area is 94.6 Å². The first-order valence-corrected chi connectivity index (χ1v) is 6.46. The Hall–Kier alpha value is 0.250. The van der Waals surface area contributed by atoms with Gasteiger partial charge in [0, 0.05) is 11.9 Å². The van der Waals surface area contributed by atoms with Crippen LogP contribution < -0.4 is 5.32 Å². The van der Waals surface area contributed by atoms with E-state index in [0.29, 0.717) is 6.04 Å². The monoisotopic (exact) mass is 219 g/mol. The second-order valence-electron chi connectivity index (χ2n) is 4.57. The minimum atomic E-state index is 0.497. The number of alkyl halides is 1. The van der Waals surface area contributed by atoms with E-state index in [1.54, 1.807) is 0 Å². The molecule has 0 heterocycles. The van der Waals surface area contributed by atoms with Crippen LogP contribution in [-0.4, -0.2) is 18.5 Å². The quantitative estimate of drug-likeness (QED) is 0.615. The van der Waals surface area contributed by atoms with Gasteiger partial charge < -0.3 is 5.32 Å². The van der Waals surface area contributed by atoms with Crippen molar-refractivity contribution in [1.29, 1.82) is 0 Å². The third-order valence-corrected chi connectivity index (χ3v) is 3.16. The molecule has 0 spiro atoms. The zero-order valence-corrected chi connectivity index (χ0v) is 10.9. The summed E-state index contributed by atoms with van der Waals surface area (Å²) >= 11 is 5.92. The normalized spacial score (nSPS) is 13.9. The lowest BCUT2D eigenvalue weighted by Crippen LogP contribution is -2.35. The van der Waals surface area contributed by atoms with Gasteiger partial charge >= 0.3 is 0 Å². The van der Waals surface area contributed by atoms with Crippen LogP contribution in [0.25, 0.3) is 0 Å². The summed E-state index contributed by atoms with van der Waals surface area (Å²) in [6.45, 7) is 10.1. The van der Waals surface area contributed by atoms with Crippen LogP contribution in [0.2, 0.25) is 0 Å². The van der Waals surface area contributed by atoms with Crippen LogP contribution in [0.5, 0.6) is 0 Å². The van der Waals surface area contributed by atoms with Gasteiger partial charge in [-0.2, -0.15) is 0 Å². The van der Waals surface area contributed by atoms with Crippen LogP contribution in [-0.2, 0) is 0 Å². The molecule has 86 valence electrons. The van der Waals surface area contributed by atoms with Gasteiger partial charge in [-0.15, -0.1) is 11.6 Å².